The van der Waals surface area contributed by atoms with E-state index in [1.165, 1.54) is 0 Å². The summed E-state index contributed by atoms with van der Waals surface area (Å²) < 4.78 is 1.61. The second kappa shape index (κ2) is 10.5. The Bertz CT molecular complexity index is 1480. The minimum absolute atomic E-state index is 0.236. The highest BCUT2D eigenvalue weighted by Crippen LogP contribution is 2.19. The van der Waals surface area contributed by atoms with Gasteiger partial charge in [-0.25, -0.2) is 4.68 Å². The van der Waals surface area contributed by atoms with E-state index in [1.807, 2.05) is 63.4 Å². The minimum Gasteiger partial charge on any atom is -0.388 e. The number of carbonyl (C=O) groups excluding carboxylic acids is 2. The lowest BCUT2D eigenvalue weighted by atomic mass is 10.2. The van der Waals surface area contributed by atoms with Crippen LogP contribution >= 0.6 is 0 Å². The molecule has 0 aliphatic heterocycles. The number of nitrogens with zero attached hydrogens (tertiary/aromatic N) is 3. The van der Waals surface area contributed by atoms with Crippen LogP contribution in [0.5, 0.6) is 0 Å². The molecule has 176 valence electrons. The number of rotatable bonds is 5. The highest BCUT2D eigenvalue weighted by Gasteiger charge is 2.11. The normalized spacial score (nSPS) is 10.4. The standard InChI is InChI=1S/C20H16N4O2.C7H10N2/c1-13-5-6-18-15(7-13)9-19(23-18)20(26)22-16-10-21-24(11-16)17-4-2-3-14(8-17)12-25;1-6-5-7(8-2)3-4-9-6/h2-12,23H,1H3,(H,22,26);3-5H,1-2H3,(H,8,9). The van der Waals surface area contributed by atoms with Crippen LogP contribution in [0.15, 0.2) is 79.3 Å². The second-order valence-electron chi connectivity index (χ2n) is 8.05. The van der Waals surface area contributed by atoms with E-state index < -0.39 is 0 Å². The summed E-state index contributed by atoms with van der Waals surface area (Å²) in [6.07, 6.45) is 5.85. The molecule has 0 spiro atoms. The van der Waals surface area contributed by atoms with E-state index in [0.717, 1.165) is 39.8 Å². The van der Waals surface area contributed by atoms with Crippen LogP contribution in [0.1, 0.15) is 32.1 Å². The number of nitrogens with one attached hydrogen (secondary N) is 3. The predicted octanol–water partition coefficient (Wildman–Crippen LogP) is 5.16. The van der Waals surface area contributed by atoms with Crippen LogP contribution < -0.4 is 10.6 Å². The SMILES string of the molecule is CNc1ccnc(C)c1.Cc1ccc2[nH]c(C(=O)Nc3cnn(-c4cccc(C=O)c4)c3)cc2c1. The fourth-order valence-corrected chi connectivity index (χ4v) is 3.54. The molecule has 8 heteroatoms. The summed E-state index contributed by atoms with van der Waals surface area (Å²) in [5.41, 5.74) is 6.59. The first-order chi connectivity index (χ1) is 16.9. The average molecular weight is 467 g/mol. The number of amides is 1. The molecule has 3 aromatic heterocycles. The van der Waals surface area contributed by atoms with E-state index in [-0.39, 0.29) is 5.91 Å². The van der Waals surface area contributed by atoms with Gasteiger partial charge < -0.3 is 15.6 Å². The fourth-order valence-electron chi connectivity index (χ4n) is 3.54. The van der Waals surface area contributed by atoms with E-state index in [4.69, 9.17) is 0 Å². The number of benzene rings is 2. The molecule has 0 saturated carbocycles. The maximum Gasteiger partial charge on any atom is 0.272 e. The van der Waals surface area contributed by atoms with Crippen LogP contribution in [-0.2, 0) is 0 Å². The van der Waals surface area contributed by atoms with Crippen molar-refractivity contribution in [3.63, 3.8) is 0 Å². The zero-order valence-corrected chi connectivity index (χ0v) is 19.7. The van der Waals surface area contributed by atoms with Crippen molar-refractivity contribution in [2.75, 3.05) is 17.7 Å². The molecule has 1 amide bonds. The first-order valence-corrected chi connectivity index (χ1v) is 11.1. The van der Waals surface area contributed by atoms with Gasteiger partial charge in [0.1, 0.15) is 12.0 Å². The number of aldehydes is 1. The van der Waals surface area contributed by atoms with Crippen LogP contribution in [-0.4, -0.2) is 39.0 Å². The van der Waals surface area contributed by atoms with Gasteiger partial charge >= 0.3 is 0 Å². The molecule has 5 aromatic rings. The highest BCUT2D eigenvalue weighted by atomic mass is 16.1. The Morgan fingerprint density at radius 1 is 1.03 bits per heavy atom. The highest BCUT2D eigenvalue weighted by molar-refractivity contribution is 6.05. The molecule has 2 aromatic carbocycles. The molecule has 3 heterocycles. The summed E-state index contributed by atoms with van der Waals surface area (Å²) in [5, 5.41) is 11.1. The van der Waals surface area contributed by atoms with Crippen LogP contribution in [0, 0.1) is 13.8 Å². The van der Waals surface area contributed by atoms with E-state index in [2.05, 4.69) is 25.7 Å². The predicted molar refractivity (Wildman–Crippen MR) is 138 cm³/mol. The van der Waals surface area contributed by atoms with Gasteiger partial charge in [0.25, 0.3) is 5.91 Å². The van der Waals surface area contributed by atoms with Crippen molar-refractivity contribution >= 4 is 34.5 Å². The Hall–Kier alpha value is -4.72. The Labute approximate surface area is 203 Å². The smallest absolute Gasteiger partial charge is 0.272 e. The zero-order chi connectivity index (χ0) is 24.8. The Balaban J connectivity index is 0.000000271. The van der Waals surface area contributed by atoms with Gasteiger partial charge in [0, 0.05) is 41.1 Å². The number of aryl methyl sites for hydroxylation is 2. The second-order valence-corrected chi connectivity index (χ2v) is 8.05. The van der Waals surface area contributed by atoms with Gasteiger partial charge in [0.2, 0.25) is 0 Å². The van der Waals surface area contributed by atoms with Gasteiger partial charge in [0.05, 0.1) is 23.8 Å². The number of hydrogen-bond donors (Lipinski definition) is 3. The molecule has 0 radical (unpaired) electrons. The average Bonchev–Trinajstić information content (AvgIpc) is 3.51. The van der Waals surface area contributed by atoms with E-state index in [0.29, 0.717) is 16.9 Å². The van der Waals surface area contributed by atoms with Gasteiger partial charge in [-0.3, -0.25) is 14.6 Å². The van der Waals surface area contributed by atoms with Crippen LogP contribution in [0.2, 0.25) is 0 Å². The number of pyridine rings is 1. The Morgan fingerprint density at radius 3 is 2.63 bits per heavy atom. The number of aromatic nitrogens is 4. The molecular weight excluding hydrogens is 440 g/mol. The molecule has 8 nitrogen and oxygen atoms in total. The van der Waals surface area contributed by atoms with Crippen molar-refractivity contribution < 1.29 is 9.59 Å². The molecule has 0 bridgehead atoms. The monoisotopic (exact) mass is 466 g/mol. The molecule has 0 aliphatic carbocycles. The van der Waals surface area contributed by atoms with Crippen molar-refractivity contribution in [3.05, 3.63) is 102 Å². The van der Waals surface area contributed by atoms with Crippen molar-refractivity contribution in [3.8, 4) is 5.69 Å². The minimum atomic E-state index is -0.236. The zero-order valence-electron chi connectivity index (χ0n) is 19.7. The molecular formula is C27H26N6O2. The summed E-state index contributed by atoms with van der Waals surface area (Å²) in [5.74, 6) is -0.236. The summed E-state index contributed by atoms with van der Waals surface area (Å²) >= 11 is 0. The first kappa shape index (κ1) is 23.4. The number of aromatic amines is 1. The molecule has 0 unspecified atom stereocenters. The van der Waals surface area contributed by atoms with Gasteiger partial charge in [0.15, 0.2) is 0 Å². The lowest BCUT2D eigenvalue weighted by Gasteiger charge is -2.02. The molecule has 0 saturated heterocycles. The third kappa shape index (κ3) is 5.80. The first-order valence-electron chi connectivity index (χ1n) is 11.1. The van der Waals surface area contributed by atoms with Crippen molar-refractivity contribution in [2.24, 2.45) is 0 Å². The third-order valence-corrected chi connectivity index (χ3v) is 5.32. The molecule has 35 heavy (non-hydrogen) atoms. The van der Waals surface area contributed by atoms with Crippen molar-refractivity contribution in [1.29, 1.82) is 0 Å². The largest absolute Gasteiger partial charge is 0.388 e. The van der Waals surface area contributed by atoms with Gasteiger partial charge in [-0.15, -0.1) is 0 Å². The number of hydrogen-bond acceptors (Lipinski definition) is 5. The lowest BCUT2D eigenvalue weighted by Crippen LogP contribution is -2.11. The van der Waals surface area contributed by atoms with Gasteiger partial charge in [-0.2, -0.15) is 5.10 Å². The fraction of sp³-hybridized carbons (Fsp3) is 0.111. The molecule has 0 fully saturated rings. The van der Waals surface area contributed by atoms with Gasteiger partial charge in [-0.05, 0) is 56.3 Å². The molecule has 0 aliphatic rings. The van der Waals surface area contributed by atoms with E-state index in [1.54, 1.807) is 41.5 Å². The van der Waals surface area contributed by atoms with Crippen LogP contribution in [0.4, 0.5) is 11.4 Å². The Morgan fingerprint density at radius 2 is 1.89 bits per heavy atom. The summed E-state index contributed by atoms with van der Waals surface area (Å²) in [7, 11) is 1.90. The maximum atomic E-state index is 12.5. The van der Waals surface area contributed by atoms with Crippen molar-refractivity contribution in [2.45, 2.75) is 13.8 Å². The van der Waals surface area contributed by atoms with Crippen molar-refractivity contribution in [1.82, 2.24) is 19.7 Å². The summed E-state index contributed by atoms with van der Waals surface area (Å²) in [6, 6.07) is 18.8. The Kier molecular flexibility index (Phi) is 7.02. The third-order valence-electron chi connectivity index (χ3n) is 5.32. The number of anilines is 2. The van der Waals surface area contributed by atoms with E-state index >= 15 is 0 Å². The molecule has 3 N–H and O–H groups in total. The van der Waals surface area contributed by atoms with E-state index in [9.17, 15) is 9.59 Å². The number of fused-ring (bicyclic) bond motifs is 1. The van der Waals surface area contributed by atoms with Crippen LogP contribution in [0.25, 0.3) is 16.6 Å². The maximum absolute atomic E-state index is 12.5. The quantitative estimate of drug-likeness (QED) is 0.310. The van der Waals surface area contributed by atoms with Crippen LogP contribution in [0.3, 0.4) is 0 Å². The number of H-pyrrole nitrogens is 1. The lowest BCUT2D eigenvalue weighted by molar-refractivity contribution is 0.102. The molecule has 0 atom stereocenters. The summed E-state index contributed by atoms with van der Waals surface area (Å²) in [6.45, 7) is 3.99. The molecule has 5 rings (SSSR count). The number of carbonyl (C=O) groups is 2. The van der Waals surface area contributed by atoms with Gasteiger partial charge in [-0.1, -0.05) is 23.8 Å². The topological polar surface area (TPSA) is 105 Å². The summed E-state index contributed by atoms with van der Waals surface area (Å²) in [4.78, 5) is 30.6.